The Kier molecular flexibility index (Phi) is 9.26. The third-order valence-corrected chi connectivity index (χ3v) is 11.0. The van der Waals surface area contributed by atoms with E-state index in [1.807, 2.05) is 28.9 Å². The van der Waals surface area contributed by atoms with E-state index in [-0.39, 0.29) is 6.10 Å². The lowest BCUT2D eigenvalue weighted by Crippen LogP contribution is -2.35. The molecular formula is C35H46N8O3Si. The lowest BCUT2D eigenvalue weighted by Gasteiger charge is -2.28. The van der Waals surface area contributed by atoms with Gasteiger partial charge in [0, 0.05) is 39.9 Å². The van der Waals surface area contributed by atoms with Crippen LogP contribution in [0.4, 0.5) is 5.95 Å². The van der Waals surface area contributed by atoms with Crippen molar-refractivity contribution in [3.8, 4) is 5.75 Å². The fraction of sp³-hybridized carbons (Fsp3) is 0.486. The van der Waals surface area contributed by atoms with Crippen LogP contribution in [0.3, 0.4) is 0 Å². The molecule has 0 spiro atoms. The number of morpholine rings is 1. The monoisotopic (exact) mass is 654 g/mol. The predicted molar refractivity (Wildman–Crippen MR) is 186 cm³/mol. The number of nitrogens with zero attached hydrogens (tertiary/aromatic N) is 7. The summed E-state index contributed by atoms with van der Waals surface area (Å²) in [6.07, 6.45) is 5.32. The summed E-state index contributed by atoms with van der Waals surface area (Å²) in [4.78, 5) is 17.7. The van der Waals surface area contributed by atoms with Crippen molar-refractivity contribution in [2.45, 2.75) is 76.8 Å². The highest BCUT2D eigenvalue weighted by Gasteiger charge is 2.29. The molecule has 1 atom stereocenters. The zero-order valence-corrected chi connectivity index (χ0v) is 29.0. The molecule has 2 aromatic carbocycles. The van der Waals surface area contributed by atoms with Crippen LogP contribution >= 0.6 is 0 Å². The van der Waals surface area contributed by atoms with Gasteiger partial charge in [0.05, 0.1) is 37.5 Å². The SMILES string of the molecule is COc1ccc(CN(Cc2nc3ccccc3n2COCC[Si](C)(C)C)c2nc(C3CNCCO3)nc3c(C4CCC4)cnn23)cc1. The highest BCUT2D eigenvalue weighted by molar-refractivity contribution is 6.76. The Morgan fingerprint density at radius 1 is 1.02 bits per heavy atom. The van der Waals surface area contributed by atoms with Crippen LogP contribution in [0.5, 0.6) is 5.75 Å². The van der Waals surface area contributed by atoms with Crippen molar-refractivity contribution in [3.63, 3.8) is 0 Å². The topological polar surface area (TPSA) is 104 Å². The lowest BCUT2D eigenvalue weighted by atomic mass is 9.81. The van der Waals surface area contributed by atoms with Gasteiger partial charge in [0.1, 0.15) is 24.4 Å². The number of methoxy groups -OCH3 is 1. The van der Waals surface area contributed by atoms with Crippen LogP contribution in [0, 0.1) is 0 Å². The molecule has 7 rings (SSSR count). The van der Waals surface area contributed by atoms with Crippen LogP contribution in [0.25, 0.3) is 16.7 Å². The standard InChI is InChI=1S/C35H46N8O3Si/c1-44-27-14-12-25(13-15-27)22-41(23-32-38-29-10-5-6-11-30(29)42(32)24-45-18-19-47(2,3)4)35-40-33(31-21-36-16-17-46-31)39-34-28(20-37-43(34)35)26-8-7-9-26/h5-6,10-15,20,26,31,36H,7-9,16-19,21-24H2,1-4H3. The van der Waals surface area contributed by atoms with Gasteiger partial charge in [0.15, 0.2) is 11.5 Å². The smallest absolute Gasteiger partial charge is 0.231 e. The van der Waals surface area contributed by atoms with Crippen LogP contribution in [-0.4, -0.2) is 70.6 Å². The molecular weight excluding hydrogens is 609 g/mol. The minimum atomic E-state index is -1.22. The van der Waals surface area contributed by atoms with Crippen molar-refractivity contribution >= 4 is 30.7 Å². The van der Waals surface area contributed by atoms with Crippen molar-refractivity contribution in [1.82, 2.24) is 34.4 Å². The number of nitrogens with one attached hydrogen (secondary N) is 1. The van der Waals surface area contributed by atoms with Crippen LogP contribution < -0.4 is 15.0 Å². The molecule has 1 saturated heterocycles. The Hall–Kier alpha value is -3.84. The molecule has 47 heavy (non-hydrogen) atoms. The van der Waals surface area contributed by atoms with E-state index in [2.05, 4.69) is 64.8 Å². The second kappa shape index (κ2) is 13.7. The zero-order valence-electron chi connectivity index (χ0n) is 28.0. The Labute approximate surface area is 277 Å². The van der Waals surface area contributed by atoms with Gasteiger partial charge in [-0.15, -0.1) is 0 Å². The second-order valence-corrected chi connectivity index (χ2v) is 19.5. The first-order valence-electron chi connectivity index (χ1n) is 16.8. The maximum absolute atomic E-state index is 6.31. The number of aromatic nitrogens is 6. The third-order valence-electron chi connectivity index (χ3n) is 9.25. The minimum absolute atomic E-state index is 0.233. The summed E-state index contributed by atoms with van der Waals surface area (Å²) in [5.74, 6) is 3.61. The van der Waals surface area contributed by atoms with Crippen molar-refractivity contribution in [2.24, 2.45) is 0 Å². The maximum atomic E-state index is 6.31. The van der Waals surface area contributed by atoms with Crippen molar-refractivity contribution in [2.75, 3.05) is 38.3 Å². The highest BCUT2D eigenvalue weighted by atomic mass is 28.3. The van der Waals surface area contributed by atoms with E-state index >= 15 is 0 Å². The second-order valence-electron chi connectivity index (χ2n) is 13.9. The molecule has 1 aliphatic carbocycles. The molecule has 0 radical (unpaired) electrons. The van der Waals surface area contributed by atoms with E-state index in [4.69, 9.17) is 34.3 Å². The zero-order chi connectivity index (χ0) is 32.4. The minimum Gasteiger partial charge on any atom is -0.497 e. The van der Waals surface area contributed by atoms with Crippen LogP contribution in [0.1, 0.15) is 54.1 Å². The number of benzene rings is 2. The number of fused-ring (bicyclic) bond motifs is 2. The molecule has 4 heterocycles. The predicted octanol–water partition coefficient (Wildman–Crippen LogP) is 5.93. The molecule has 3 aromatic heterocycles. The number of hydrogen-bond acceptors (Lipinski definition) is 9. The van der Waals surface area contributed by atoms with E-state index in [0.717, 1.165) is 71.8 Å². The van der Waals surface area contributed by atoms with Gasteiger partial charge in [-0.1, -0.05) is 50.3 Å². The van der Waals surface area contributed by atoms with E-state index < -0.39 is 8.07 Å². The first kappa shape index (κ1) is 31.7. The molecule has 5 aromatic rings. The Balaban J connectivity index is 1.31. The van der Waals surface area contributed by atoms with Crippen molar-refractivity contribution in [1.29, 1.82) is 0 Å². The summed E-state index contributed by atoms with van der Waals surface area (Å²) in [5, 5.41) is 8.37. The number of rotatable bonds is 13. The number of para-hydroxylation sites is 2. The molecule has 0 amide bonds. The quantitative estimate of drug-likeness (QED) is 0.122. The Bertz CT molecular complexity index is 1810. The van der Waals surface area contributed by atoms with Gasteiger partial charge in [-0.25, -0.2) is 9.97 Å². The van der Waals surface area contributed by atoms with Gasteiger partial charge >= 0.3 is 0 Å². The first-order valence-corrected chi connectivity index (χ1v) is 20.5. The summed E-state index contributed by atoms with van der Waals surface area (Å²) in [6, 6.07) is 17.6. The fourth-order valence-corrected chi connectivity index (χ4v) is 6.98. The molecule has 2 fully saturated rings. The van der Waals surface area contributed by atoms with Gasteiger partial charge in [-0.05, 0) is 54.6 Å². The van der Waals surface area contributed by atoms with Crippen LogP contribution in [0.15, 0.2) is 54.7 Å². The van der Waals surface area contributed by atoms with Crippen LogP contribution in [-0.2, 0) is 29.3 Å². The van der Waals surface area contributed by atoms with E-state index in [9.17, 15) is 0 Å². The van der Waals surface area contributed by atoms with Gasteiger partial charge in [0.2, 0.25) is 5.95 Å². The average molecular weight is 655 g/mol. The maximum Gasteiger partial charge on any atom is 0.231 e. The first-order chi connectivity index (χ1) is 22.9. The molecule has 1 unspecified atom stereocenters. The number of hydrogen-bond donors (Lipinski definition) is 1. The van der Waals surface area contributed by atoms with E-state index in [1.165, 1.54) is 12.0 Å². The van der Waals surface area contributed by atoms with Crippen molar-refractivity contribution in [3.05, 3.63) is 77.5 Å². The lowest BCUT2D eigenvalue weighted by molar-refractivity contribution is 0.0222. The van der Waals surface area contributed by atoms with Gasteiger partial charge in [-0.2, -0.15) is 14.6 Å². The summed E-state index contributed by atoms with van der Waals surface area (Å²) >= 11 is 0. The highest BCUT2D eigenvalue weighted by Crippen LogP contribution is 2.39. The molecule has 1 N–H and O–H groups in total. The molecule has 1 aliphatic heterocycles. The van der Waals surface area contributed by atoms with E-state index in [0.29, 0.717) is 44.7 Å². The third kappa shape index (κ3) is 7.06. The molecule has 12 heteroatoms. The van der Waals surface area contributed by atoms with Crippen molar-refractivity contribution < 1.29 is 14.2 Å². The van der Waals surface area contributed by atoms with Crippen LogP contribution in [0.2, 0.25) is 25.7 Å². The summed E-state index contributed by atoms with van der Waals surface area (Å²) in [7, 11) is 0.467. The Morgan fingerprint density at radius 3 is 2.57 bits per heavy atom. The molecule has 0 bridgehead atoms. The van der Waals surface area contributed by atoms with E-state index in [1.54, 1.807) is 7.11 Å². The number of anilines is 1. The largest absolute Gasteiger partial charge is 0.497 e. The number of ether oxygens (including phenoxy) is 3. The Morgan fingerprint density at radius 2 is 1.85 bits per heavy atom. The number of imidazole rings is 1. The molecule has 11 nitrogen and oxygen atoms in total. The van der Waals surface area contributed by atoms with Gasteiger partial charge in [0.25, 0.3) is 0 Å². The normalized spacial score (nSPS) is 17.3. The molecule has 2 aliphatic rings. The molecule has 1 saturated carbocycles. The fourth-order valence-electron chi connectivity index (χ4n) is 6.23. The summed E-state index contributed by atoms with van der Waals surface area (Å²) in [5.41, 5.74) is 5.18. The van der Waals surface area contributed by atoms with Gasteiger partial charge < -0.3 is 29.0 Å². The summed E-state index contributed by atoms with van der Waals surface area (Å²) < 4.78 is 22.1. The average Bonchev–Trinajstić information content (AvgIpc) is 3.63. The molecule has 248 valence electrons. The summed E-state index contributed by atoms with van der Waals surface area (Å²) in [6.45, 7) is 11.5. The van der Waals surface area contributed by atoms with Gasteiger partial charge in [-0.3, -0.25) is 0 Å².